The van der Waals surface area contributed by atoms with Gasteiger partial charge in [0.05, 0.1) is 18.1 Å². The first-order chi connectivity index (χ1) is 47.4. The zero-order valence-corrected chi connectivity index (χ0v) is 59.7. The van der Waals surface area contributed by atoms with Gasteiger partial charge in [-0.15, -0.1) is 0 Å². The van der Waals surface area contributed by atoms with Crippen LogP contribution in [0, 0.1) is 17.8 Å². The largest absolute Gasteiger partial charge is 0.370 e. The van der Waals surface area contributed by atoms with E-state index in [0.29, 0.717) is 96.7 Å². The van der Waals surface area contributed by atoms with Crippen LogP contribution in [0.4, 0.5) is 33.6 Å². The van der Waals surface area contributed by atoms with Crippen LogP contribution in [0.5, 0.6) is 0 Å². The lowest BCUT2D eigenvalue weighted by Crippen LogP contribution is -2.55. The van der Waals surface area contributed by atoms with Gasteiger partial charge in [-0.05, 0) is 139 Å². The standard InChI is InChI=1S/C69H119N21O9/c1-43(2)56(26-28-61(73)91)88-67(97)78-39-51(21-15-18-32-72)84-63(93)79-40-52(33-47-35-74-58-24-11-9-22-54(47)58)86-64(94)76-37-49(19-13-16-30-70)83-62(92)29-27-57(44(3)4)89-68(98)80-41-53(34-48-36-75-59-25-12-10-23-55(48)59)87-65(95)77-38-50(20-14-17-31-71)85-66(96)81-42-60(45(5)6)90-69(99)82-46(7)8/h9-12,22-25,35-36,43-46,49-53,56-57,60,74-75H,13-21,26-34,37-42,70-72H2,1-8H3,(H2,73,91)(H,83,92)(H2,76,86,94)(H2,77,87,95)(H2,78,88,97)(H2,79,84,93)(H2,80,89,98)(H2,81,85,96)(H2,82,90,99)/t49-,50-,51-,52-,53-,56+,57+,60+/m0/s1. The van der Waals surface area contributed by atoms with E-state index in [9.17, 15) is 43.2 Å². The first-order valence-electron chi connectivity index (χ1n) is 35.5. The third-order valence-corrected chi connectivity index (χ3v) is 17.2. The summed E-state index contributed by atoms with van der Waals surface area (Å²) in [6, 6.07) is 8.56. The normalized spacial score (nSPS) is 13.8. The minimum absolute atomic E-state index is 0.0248. The second kappa shape index (κ2) is 45.7. The number of amides is 16. The van der Waals surface area contributed by atoms with Crippen LogP contribution in [-0.4, -0.2) is 177 Å². The summed E-state index contributed by atoms with van der Waals surface area (Å²) in [4.78, 5) is 126. The van der Waals surface area contributed by atoms with Crippen LogP contribution >= 0.6 is 0 Å². The van der Waals surface area contributed by atoms with E-state index in [4.69, 9.17) is 22.9 Å². The lowest BCUT2D eigenvalue weighted by atomic mass is 9.99. The summed E-state index contributed by atoms with van der Waals surface area (Å²) in [7, 11) is 0. The fraction of sp³-hybridized carbons (Fsp3) is 0.638. The zero-order valence-electron chi connectivity index (χ0n) is 59.7. The molecule has 0 radical (unpaired) electrons. The number of carbonyl (C=O) groups is 9. The summed E-state index contributed by atoms with van der Waals surface area (Å²) in [5.74, 6) is -0.751. The molecule has 0 unspecified atom stereocenters. The molecule has 99 heavy (non-hydrogen) atoms. The number of hydrogen-bond donors (Lipinski definition) is 21. The van der Waals surface area contributed by atoms with Crippen molar-refractivity contribution >= 4 is 75.8 Å². The smallest absolute Gasteiger partial charge is 0.315 e. The number of nitrogens with two attached hydrogens (primary N) is 4. The van der Waals surface area contributed by atoms with Crippen LogP contribution in [-0.2, 0) is 22.4 Å². The molecule has 8 atom stereocenters. The molecule has 30 nitrogen and oxygen atoms in total. The minimum Gasteiger partial charge on any atom is -0.370 e. The Morgan fingerprint density at radius 3 is 1.07 bits per heavy atom. The van der Waals surface area contributed by atoms with Gasteiger partial charge in [-0.3, -0.25) is 9.59 Å². The predicted molar refractivity (Wildman–Crippen MR) is 389 cm³/mol. The number of para-hydroxylation sites is 2. The second-order valence-electron chi connectivity index (χ2n) is 27.0. The number of aromatic amines is 2. The molecule has 25 N–H and O–H groups in total. The van der Waals surface area contributed by atoms with E-state index < -0.39 is 78.3 Å². The van der Waals surface area contributed by atoms with Gasteiger partial charge < -0.3 is 113 Å². The number of unbranched alkanes of at least 4 members (excludes halogenated alkanes) is 3. The van der Waals surface area contributed by atoms with Crippen molar-refractivity contribution in [3.63, 3.8) is 0 Å². The Kier molecular flexibility index (Phi) is 38.2. The van der Waals surface area contributed by atoms with Gasteiger partial charge >= 0.3 is 42.2 Å². The number of hydrogen-bond acceptors (Lipinski definition) is 12. The summed E-state index contributed by atoms with van der Waals surface area (Å²) in [6.07, 6.45) is 11.1. The van der Waals surface area contributed by atoms with Crippen molar-refractivity contribution in [3.05, 3.63) is 72.1 Å². The van der Waals surface area contributed by atoms with Crippen molar-refractivity contribution in [1.29, 1.82) is 0 Å². The van der Waals surface area contributed by atoms with E-state index in [1.165, 1.54) is 0 Å². The van der Waals surface area contributed by atoms with Gasteiger partial charge in [0.15, 0.2) is 0 Å². The third-order valence-electron chi connectivity index (χ3n) is 17.2. The van der Waals surface area contributed by atoms with E-state index in [2.05, 4.69) is 89.7 Å². The summed E-state index contributed by atoms with van der Waals surface area (Å²) < 4.78 is 0. The van der Waals surface area contributed by atoms with Crippen molar-refractivity contribution in [2.45, 2.75) is 206 Å². The van der Waals surface area contributed by atoms with E-state index in [0.717, 1.165) is 32.9 Å². The molecule has 16 amide bonds. The van der Waals surface area contributed by atoms with E-state index in [1.807, 2.05) is 116 Å². The maximum Gasteiger partial charge on any atom is 0.315 e. The number of rotatable bonds is 46. The van der Waals surface area contributed by atoms with Crippen molar-refractivity contribution in [3.8, 4) is 0 Å². The van der Waals surface area contributed by atoms with Gasteiger partial charge in [0.25, 0.3) is 0 Å². The highest BCUT2D eigenvalue weighted by atomic mass is 16.2. The van der Waals surface area contributed by atoms with Gasteiger partial charge in [-0.2, -0.15) is 0 Å². The fourth-order valence-corrected chi connectivity index (χ4v) is 11.4. The average molecular weight is 1390 g/mol. The van der Waals surface area contributed by atoms with E-state index in [-0.39, 0.29) is 106 Å². The van der Waals surface area contributed by atoms with Crippen LogP contribution in [0.15, 0.2) is 60.9 Å². The summed E-state index contributed by atoms with van der Waals surface area (Å²) in [6.45, 7) is 17.3. The Hall–Kier alpha value is -8.77. The van der Waals surface area contributed by atoms with Gasteiger partial charge in [0.1, 0.15) is 0 Å². The molecule has 0 saturated carbocycles. The van der Waals surface area contributed by atoms with E-state index >= 15 is 0 Å². The average Bonchev–Trinajstić information content (AvgIpc) is 1.73. The molecule has 0 aliphatic rings. The number of urea groups is 7. The minimum atomic E-state index is -0.608. The molecule has 0 spiro atoms. The number of fused-ring (bicyclic) bond motifs is 2. The summed E-state index contributed by atoms with van der Waals surface area (Å²) in [5.41, 5.74) is 26.5. The van der Waals surface area contributed by atoms with Gasteiger partial charge in [-0.1, -0.05) is 97.2 Å². The monoisotopic (exact) mass is 1390 g/mol. The van der Waals surface area contributed by atoms with Crippen molar-refractivity contribution in [2.24, 2.45) is 40.7 Å². The molecule has 2 aromatic carbocycles. The maximum atomic E-state index is 13.9. The predicted octanol–water partition coefficient (Wildman–Crippen LogP) is 4.40. The zero-order chi connectivity index (χ0) is 72.7. The first kappa shape index (κ1) is 82.7. The molecule has 0 bridgehead atoms. The molecule has 0 fully saturated rings. The highest BCUT2D eigenvalue weighted by Gasteiger charge is 2.26. The maximum absolute atomic E-state index is 13.9. The van der Waals surface area contributed by atoms with E-state index in [1.54, 1.807) is 0 Å². The molecule has 2 aromatic heterocycles. The highest BCUT2D eigenvalue weighted by molar-refractivity contribution is 5.85. The molecule has 2 heterocycles. The molecule has 0 aliphatic heterocycles. The summed E-state index contributed by atoms with van der Waals surface area (Å²) >= 11 is 0. The van der Waals surface area contributed by atoms with Gasteiger partial charge in [0, 0.05) is 123 Å². The number of aromatic nitrogens is 2. The topological polar surface area (TPSA) is 470 Å². The molecule has 30 heteroatoms. The van der Waals surface area contributed by atoms with Crippen molar-refractivity contribution in [2.75, 3.05) is 58.9 Å². The number of benzene rings is 2. The Labute approximate surface area is 584 Å². The van der Waals surface area contributed by atoms with Crippen LogP contribution in [0.2, 0.25) is 0 Å². The van der Waals surface area contributed by atoms with Crippen LogP contribution in [0.3, 0.4) is 0 Å². The number of H-pyrrole nitrogens is 2. The first-order valence-corrected chi connectivity index (χ1v) is 35.5. The fourth-order valence-electron chi connectivity index (χ4n) is 11.4. The Morgan fingerprint density at radius 2 is 0.697 bits per heavy atom. The van der Waals surface area contributed by atoms with Crippen LogP contribution < -0.4 is 103 Å². The van der Waals surface area contributed by atoms with Gasteiger partial charge in [-0.25, -0.2) is 33.6 Å². The quantitative estimate of drug-likeness (QED) is 0.0274. The molecule has 4 aromatic rings. The van der Waals surface area contributed by atoms with Crippen LogP contribution in [0.1, 0.15) is 150 Å². The lowest BCUT2D eigenvalue weighted by Gasteiger charge is -2.26. The third kappa shape index (κ3) is 33.6. The molecule has 0 aliphatic carbocycles. The molecule has 0 saturated heterocycles. The number of primary amides is 1. The SMILES string of the molecule is CC(C)NC(=O)N[C@H](CNC(=O)N[C@@H](CCCCN)CNC(=O)N[C@H](CNC(=O)N[C@H](CCC(=O)N[C@@H](CCCCN)CNC(=O)N[C@H](CNC(=O)N[C@@H](CCCCN)CNC(=O)N[C@H](CCC(N)=O)C(C)C)Cc1c[nH]c2ccccc12)C(C)C)Cc1c[nH]c2ccccc12)C(C)C. The number of nitrogens with one attached hydrogen (secondary N) is 17. The molecule has 554 valence electrons. The van der Waals surface area contributed by atoms with Crippen molar-refractivity contribution in [1.82, 2.24) is 89.7 Å². The number of carbonyl (C=O) groups excluding carboxylic acids is 9. The second-order valence-corrected chi connectivity index (χ2v) is 27.0. The van der Waals surface area contributed by atoms with Crippen LogP contribution in [0.25, 0.3) is 21.8 Å². The highest BCUT2D eigenvalue weighted by Crippen LogP contribution is 2.21. The Morgan fingerprint density at radius 1 is 0.364 bits per heavy atom. The Balaban J connectivity index is 1.37. The molecule has 4 rings (SSSR count). The van der Waals surface area contributed by atoms with Crippen molar-refractivity contribution < 1.29 is 43.2 Å². The molecular weight excluding hydrogens is 1270 g/mol. The lowest BCUT2D eigenvalue weighted by molar-refractivity contribution is -0.122. The summed E-state index contributed by atoms with van der Waals surface area (Å²) in [5, 5.41) is 46.2. The Bertz CT molecular complexity index is 3080. The molecular formula is C69H119N21O9. The van der Waals surface area contributed by atoms with Gasteiger partial charge in [0.2, 0.25) is 11.8 Å².